The number of imide groups is 1. The third kappa shape index (κ3) is 4.18. The van der Waals surface area contributed by atoms with Crippen LogP contribution in [0.4, 0.5) is 19.3 Å². The number of carbonyl (C=O) groups excluding carboxylic acids is 2. The second-order valence-corrected chi connectivity index (χ2v) is 8.18. The van der Waals surface area contributed by atoms with E-state index in [1.54, 1.807) is 43.3 Å². The molecule has 1 unspecified atom stereocenters. The quantitative estimate of drug-likeness (QED) is 0.390. The van der Waals surface area contributed by atoms with Crippen molar-refractivity contribution in [2.24, 2.45) is 0 Å². The van der Waals surface area contributed by atoms with Crippen molar-refractivity contribution in [3.63, 3.8) is 0 Å². The Labute approximate surface area is 194 Å². The molecule has 0 bridgehead atoms. The maximum Gasteiger partial charge on any atom is 0.332 e. The van der Waals surface area contributed by atoms with Crippen LogP contribution >= 0.6 is 11.6 Å². The molecule has 1 saturated heterocycles. The van der Waals surface area contributed by atoms with Gasteiger partial charge < -0.3 is 4.90 Å². The summed E-state index contributed by atoms with van der Waals surface area (Å²) in [5.74, 6) is 2.66. The lowest BCUT2D eigenvalue weighted by Crippen LogP contribution is -2.60. The van der Waals surface area contributed by atoms with E-state index in [0.29, 0.717) is 16.0 Å². The van der Waals surface area contributed by atoms with Gasteiger partial charge in [0.2, 0.25) is 5.91 Å². The predicted molar refractivity (Wildman–Crippen MR) is 121 cm³/mol. The average Bonchev–Trinajstić information content (AvgIpc) is 2.78. The number of rotatable bonds is 2. The zero-order chi connectivity index (χ0) is 23.8. The number of hydrogen-bond acceptors (Lipinski definition) is 3. The fourth-order valence-corrected chi connectivity index (χ4v) is 3.90. The second kappa shape index (κ2) is 8.64. The van der Waals surface area contributed by atoms with E-state index in [4.69, 9.17) is 11.6 Å². The summed E-state index contributed by atoms with van der Waals surface area (Å²) in [5.41, 5.74) is -0.443. The summed E-state index contributed by atoms with van der Waals surface area (Å²) in [7, 11) is 1.46. The zero-order valence-corrected chi connectivity index (χ0v) is 18.5. The van der Waals surface area contributed by atoms with E-state index < -0.39 is 34.8 Å². The summed E-state index contributed by atoms with van der Waals surface area (Å²) < 4.78 is 29.9. The minimum absolute atomic E-state index is 0.0825. The van der Waals surface area contributed by atoms with E-state index in [1.165, 1.54) is 18.1 Å². The molecule has 2 aromatic carbocycles. The van der Waals surface area contributed by atoms with E-state index in [2.05, 4.69) is 16.8 Å². The third-order valence-electron chi connectivity index (χ3n) is 5.68. The van der Waals surface area contributed by atoms with Gasteiger partial charge in [-0.05, 0) is 48.9 Å². The number of nitrogens with zero attached hydrogens (tertiary/aromatic N) is 3. The highest BCUT2D eigenvalue weighted by Gasteiger charge is 2.47. The topological polar surface area (TPSA) is 53.5 Å². The molecule has 1 atom stereocenters. The molecular weight excluding hydrogens is 448 g/mol. The third-order valence-corrected chi connectivity index (χ3v) is 5.88. The van der Waals surface area contributed by atoms with Gasteiger partial charge in [0.15, 0.2) is 11.6 Å². The molecule has 0 N–H and O–H groups in total. The number of hydrogen-bond donors (Lipinski definition) is 0. The molecule has 2 heterocycles. The van der Waals surface area contributed by atoms with Gasteiger partial charge in [-0.2, -0.15) is 0 Å². The first-order valence-electron chi connectivity index (χ1n) is 9.99. The number of aromatic nitrogens is 1. The van der Waals surface area contributed by atoms with E-state index >= 15 is 0 Å². The largest absolute Gasteiger partial charge is 0.332 e. The Morgan fingerprint density at radius 1 is 1.00 bits per heavy atom. The molecule has 1 aliphatic heterocycles. The van der Waals surface area contributed by atoms with Crippen LogP contribution in [-0.2, 0) is 10.3 Å². The zero-order valence-electron chi connectivity index (χ0n) is 17.8. The van der Waals surface area contributed by atoms with E-state index in [-0.39, 0.29) is 17.1 Å². The smallest absolute Gasteiger partial charge is 0.317 e. The summed E-state index contributed by atoms with van der Waals surface area (Å²) in [6, 6.07) is 13.3. The average molecular weight is 466 g/mol. The van der Waals surface area contributed by atoms with Crippen molar-refractivity contribution >= 4 is 29.2 Å². The molecule has 166 valence electrons. The summed E-state index contributed by atoms with van der Waals surface area (Å²) in [6.07, 6.45) is 1.26. The monoisotopic (exact) mass is 465 g/mol. The van der Waals surface area contributed by atoms with Crippen LogP contribution in [0.1, 0.15) is 30.0 Å². The van der Waals surface area contributed by atoms with Gasteiger partial charge in [0.05, 0.1) is 12.0 Å². The van der Waals surface area contributed by atoms with Crippen molar-refractivity contribution in [1.29, 1.82) is 0 Å². The van der Waals surface area contributed by atoms with Gasteiger partial charge in [-0.1, -0.05) is 41.6 Å². The number of urea groups is 1. The number of amides is 3. The Morgan fingerprint density at radius 2 is 1.64 bits per heavy atom. The maximum atomic E-state index is 15.0. The number of pyridine rings is 1. The van der Waals surface area contributed by atoms with Gasteiger partial charge in [0, 0.05) is 24.4 Å². The molecule has 0 spiro atoms. The second-order valence-electron chi connectivity index (χ2n) is 7.79. The van der Waals surface area contributed by atoms with E-state index in [0.717, 1.165) is 12.1 Å². The first-order valence-corrected chi connectivity index (χ1v) is 10.4. The molecular formula is C25H18ClF2N3O2. The lowest BCUT2D eigenvalue weighted by molar-refractivity contribution is -0.122. The van der Waals surface area contributed by atoms with Gasteiger partial charge >= 0.3 is 6.03 Å². The summed E-state index contributed by atoms with van der Waals surface area (Å²) >= 11 is 5.97. The predicted octanol–water partition coefficient (Wildman–Crippen LogP) is 5.12. The SMILES string of the molecule is CN1C(=O)N(c2c(F)cc(C#Cc3ccccc3)cc2F)C(=O)CC1(C)c1ccnc(Cl)c1. The van der Waals surface area contributed by atoms with Gasteiger partial charge in [0.25, 0.3) is 0 Å². The summed E-state index contributed by atoms with van der Waals surface area (Å²) in [6.45, 7) is 1.68. The number of anilines is 1. The van der Waals surface area contributed by atoms with Crippen LogP contribution in [0.5, 0.6) is 0 Å². The van der Waals surface area contributed by atoms with Crippen molar-refractivity contribution in [1.82, 2.24) is 9.88 Å². The Hall–Kier alpha value is -3.76. The molecule has 0 saturated carbocycles. The molecule has 0 radical (unpaired) electrons. The standard InChI is InChI=1S/C25H18ClF2N3O2/c1-25(18-10-11-29-21(26)14-18)15-22(32)31(24(33)30(25)2)23-19(27)12-17(13-20(23)28)9-8-16-6-4-3-5-7-16/h3-7,10-14H,15H2,1-2H3. The highest BCUT2D eigenvalue weighted by molar-refractivity contribution is 6.29. The molecule has 4 rings (SSSR count). The first-order chi connectivity index (χ1) is 15.7. The van der Waals surface area contributed by atoms with Gasteiger partial charge in [0.1, 0.15) is 10.8 Å². The number of carbonyl (C=O) groups is 2. The molecule has 1 aromatic heterocycles. The molecule has 3 aromatic rings. The number of halogens is 3. The maximum absolute atomic E-state index is 15.0. The normalized spacial score (nSPS) is 18.2. The highest BCUT2D eigenvalue weighted by Crippen LogP contribution is 2.39. The van der Waals surface area contributed by atoms with Gasteiger partial charge in [-0.25, -0.2) is 23.5 Å². The molecule has 8 heteroatoms. The van der Waals surface area contributed by atoms with Crippen molar-refractivity contribution in [3.05, 3.63) is 94.3 Å². The fourth-order valence-electron chi connectivity index (χ4n) is 3.73. The van der Waals surface area contributed by atoms with E-state index in [1.807, 2.05) is 6.07 Å². The van der Waals surface area contributed by atoms with Gasteiger partial charge in [-0.15, -0.1) is 0 Å². The van der Waals surface area contributed by atoms with Crippen LogP contribution in [0, 0.1) is 23.5 Å². The minimum atomic E-state index is -1.06. The van der Waals surface area contributed by atoms with Crippen molar-refractivity contribution in [2.75, 3.05) is 11.9 Å². The van der Waals surface area contributed by atoms with E-state index in [9.17, 15) is 18.4 Å². The Bertz CT molecular complexity index is 1300. The fraction of sp³-hybridized carbons (Fsp3) is 0.160. The first kappa shape index (κ1) is 22.4. The molecule has 1 fully saturated rings. The Balaban J connectivity index is 1.68. The molecule has 33 heavy (non-hydrogen) atoms. The van der Waals surface area contributed by atoms with Crippen LogP contribution in [0.15, 0.2) is 60.8 Å². The van der Waals surface area contributed by atoms with Gasteiger partial charge in [-0.3, -0.25) is 4.79 Å². The Kier molecular flexibility index (Phi) is 5.88. The van der Waals surface area contributed by atoms with Crippen LogP contribution < -0.4 is 4.90 Å². The van der Waals surface area contributed by atoms with Crippen LogP contribution in [-0.4, -0.2) is 28.9 Å². The Morgan fingerprint density at radius 3 is 2.27 bits per heavy atom. The van der Waals surface area contributed by atoms with Crippen molar-refractivity contribution in [2.45, 2.75) is 18.9 Å². The lowest BCUT2D eigenvalue weighted by Gasteiger charge is -2.45. The molecule has 0 aliphatic carbocycles. The highest BCUT2D eigenvalue weighted by atomic mass is 35.5. The summed E-state index contributed by atoms with van der Waals surface area (Å²) in [5, 5.41) is 0.203. The molecule has 5 nitrogen and oxygen atoms in total. The van der Waals surface area contributed by atoms with Crippen molar-refractivity contribution in [3.8, 4) is 11.8 Å². The lowest BCUT2D eigenvalue weighted by atomic mass is 9.85. The molecule has 3 amide bonds. The minimum Gasteiger partial charge on any atom is -0.317 e. The number of benzene rings is 2. The van der Waals surface area contributed by atoms with Crippen LogP contribution in [0.3, 0.4) is 0 Å². The summed E-state index contributed by atoms with van der Waals surface area (Å²) in [4.78, 5) is 31.8. The molecule has 1 aliphatic rings. The van der Waals surface area contributed by atoms with Crippen LogP contribution in [0.2, 0.25) is 5.15 Å². The van der Waals surface area contributed by atoms with Crippen molar-refractivity contribution < 1.29 is 18.4 Å². The van der Waals surface area contributed by atoms with Crippen LogP contribution in [0.25, 0.3) is 0 Å².